The average molecular weight is 401 g/mol. The lowest BCUT2D eigenvalue weighted by molar-refractivity contribution is -0.117. The van der Waals surface area contributed by atoms with Crippen LogP contribution in [-0.4, -0.2) is 45.2 Å². The molecule has 0 saturated heterocycles. The number of nitrogens with zero attached hydrogens (tertiary/aromatic N) is 1. The van der Waals surface area contributed by atoms with Gasteiger partial charge in [0.15, 0.2) is 0 Å². The van der Waals surface area contributed by atoms with Crippen molar-refractivity contribution in [3.05, 3.63) is 66.2 Å². The largest absolute Gasteiger partial charge is 0.352 e. The fraction of sp³-hybridized carbons (Fsp3) is 0.200. The van der Waals surface area contributed by atoms with E-state index in [4.69, 9.17) is 0 Å². The Kier molecular flexibility index (Phi) is 7.48. The van der Waals surface area contributed by atoms with E-state index in [1.807, 2.05) is 30.3 Å². The van der Waals surface area contributed by atoms with E-state index >= 15 is 0 Å². The molecule has 0 aromatic heterocycles. The Morgan fingerprint density at radius 2 is 1.75 bits per heavy atom. The highest BCUT2D eigenvalue weighted by atomic mass is 32.2. The Morgan fingerprint density at radius 1 is 1.04 bits per heavy atom. The van der Waals surface area contributed by atoms with E-state index in [2.05, 4.69) is 10.6 Å². The Bertz CT molecular complexity index is 954. The molecular weight excluding hydrogens is 378 g/mol. The second-order valence-electron chi connectivity index (χ2n) is 6.15. The van der Waals surface area contributed by atoms with Crippen LogP contribution in [-0.2, 0) is 19.6 Å². The van der Waals surface area contributed by atoms with Gasteiger partial charge in [-0.25, -0.2) is 12.7 Å². The molecule has 0 aliphatic heterocycles. The van der Waals surface area contributed by atoms with Crippen molar-refractivity contribution in [2.45, 2.75) is 11.3 Å². The molecule has 0 aliphatic rings. The molecule has 2 aromatic carbocycles. The number of sulfonamides is 1. The van der Waals surface area contributed by atoms with Crippen molar-refractivity contribution in [2.75, 3.05) is 26.0 Å². The van der Waals surface area contributed by atoms with Gasteiger partial charge in [0.25, 0.3) is 0 Å². The summed E-state index contributed by atoms with van der Waals surface area (Å²) in [7, 11) is -0.695. The SMILES string of the molecule is CN(C)S(=O)(=O)c1cccc(NC(=O)CCNC(=O)/C=C/c2ccccc2)c1. The second kappa shape index (κ2) is 9.82. The molecule has 0 radical (unpaired) electrons. The molecule has 0 fully saturated rings. The van der Waals surface area contributed by atoms with Gasteiger partial charge in [-0.2, -0.15) is 0 Å². The zero-order chi connectivity index (χ0) is 20.6. The molecule has 0 aliphatic carbocycles. The van der Waals surface area contributed by atoms with Crippen molar-refractivity contribution < 1.29 is 18.0 Å². The number of carbonyl (C=O) groups excluding carboxylic acids is 2. The lowest BCUT2D eigenvalue weighted by atomic mass is 10.2. The van der Waals surface area contributed by atoms with Crippen LogP contribution >= 0.6 is 0 Å². The molecule has 2 amide bonds. The minimum absolute atomic E-state index is 0.0651. The van der Waals surface area contributed by atoms with Crippen LogP contribution in [0.4, 0.5) is 5.69 Å². The van der Waals surface area contributed by atoms with E-state index in [0.29, 0.717) is 5.69 Å². The van der Waals surface area contributed by atoms with Crippen LogP contribution in [0.5, 0.6) is 0 Å². The molecule has 148 valence electrons. The minimum atomic E-state index is -3.58. The zero-order valence-electron chi connectivity index (χ0n) is 15.8. The third kappa shape index (κ3) is 6.33. The molecule has 2 aromatic rings. The van der Waals surface area contributed by atoms with Crippen LogP contribution in [0.25, 0.3) is 6.08 Å². The fourth-order valence-corrected chi connectivity index (χ4v) is 3.21. The fourth-order valence-electron chi connectivity index (χ4n) is 2.26. The molecule has 28 heavy (non-hydrogen) atoms. The third-order valence-corrected chi connectivity index (χ3v) is 5.59. The van der Waals surface area contributed by atoms with Gasteiger partial charge >= 0.3 is 0 Å². The van der Waals surface area contributed by atoms with E-state index in [1.165, 1.54) is 32.3 Å². The number of hydrogen-bond acceptors (Lipinski definition) is 4. The number of anilines is 1. The van der Waals surface area contributed by atoms with Crippen molar-refractivity contribution in [2.24, 2.45) is 0 Å². The van der Waals surface area contributed by atoms with E-state index in [1.54, 1.807) is 18.2 Å². The number of carbonyl (C=O) groups is 2. The molecule has 0 heterocycles. The van der Waals surface area contributed by atoms with E-state index < -0.39 is 10.0 Å². The molecule has 2 N–H and O–H groups in total. The quantitative estimate of drug-likeness (QED) is 0.662. The summed E-state index contributed by atoms with van der Waals surface area (Å²) in [6.45, 7) is 0.166. The highest BCUT2D eigenvalue weighted by molar-refractivity contribution is 7.89. The van der Waals surface area contributed by atoms with Crippen molar-refractivity contribution in [1.82, 2.24) is 9.62 Å². The van der Waals surface area contributed by atoms with Gasteiger partial charge in [-0.3, -0.25) is 9.59 Å². The summed E-state index contributed by atoms with van der Waals surface area (Å²) in [6, 6.07) is 15.4. The van der Waals surface area contributed by atoms with Crippen LogP contribution in [0.1, 0.15) is 12.0 Å². The summed E-state index contributed by atoms with van der Waals surface area (Å²) in [5.41, 5.74) is 1.28. The highest BCUT2D eigenvalue weighted by Crippen LogP contribution is 2.18. The van der Waals surface area contributed by atoms with Gasteiger partial charge in [-0.1, -0.05) is 36.4 Å². The minimum Gasteiger partial charge on any atom is -0.352 e. The normalized spacial score (nSPS) is 11.5. The predicted molar refractivity (Wildman–Crippen MR) is 109 cm³/mol. The first-order valence-corrected chi connectivity index (χ1v) is 10.1. The summed E-state index contributed by atoms with van der Waals surface area (Å²) in [4.78, 5) is 23.9. The summed E-state index contributed by atoms with van der Waals surface area (Å²) in [5, 5.41) is 5.26. The number of nitrogens with one attached hydrogen (secondary N) is 2. The van der Waals surface area contributed by atoms with Gasteiger partial charge < -0.3 is 10.6 Å². The maximum absolute atomic E-state index is 12.1. The maximum Gasteiger partial charge on any atom is 0.244 e. The second-order valence-corrected chi connectivity index (χ2v) is 8.30. The summed E-state index contributed by atoms with van der Waals surface area (Å²) < 4.78 is 25.4. The van der Waals surface area contributed by atoms with Crippen molar-refractivity contribution in [3.63, 3.8) is 0 Å². The van der Waals surface area contributed by atoms with Crippen molar-refractivity contribution in [3.8, 4) is 0 Å². The molecule has 0 saturated carbocycles. The summed E-state index contributed by atoms with van der Waals surface area (Å²) in [6.07, 6.45) is 3.16. The Hall–Kier alpha value is -2.97. The van der Waals surface area contributed by atoms with E-state index in [9.17, 15) is 18.0 Å². The molecule has 2 rings (SSSR count). The average Bonchev–Trinajstić information content (AvgIpc) is 2.67. The van der Waals surface area contributed by atoms with E-state index in [-0.39, 0.29) is 29.7 Å². The first-order chi connectivity index (χ1) is 13.3. The Morgan fingerprint density at radius 3 is 2.43 bits per heavy atom. The molecule has 0 bridgehead atoms. The predicted octanol–water partition coefficient (Wildman–Crippen LogP) is 2.10. The topological polar surface area (TPSA) is 95.6 Å². The van der Waals surface area contributed by atoms with Crippen LogP contribution < -0.4 is 10.6 Å². The van der Waals surface area contributed by atoms with Gasteiger partial charge in [0, 0.05) is 38.8 Å². The van der Waals surface area contributed by atoms with Crippen LogP contribution in [0.3, 0.4) is 0 Å². The molecule has 7 nitrogen and oxygen atoms in total. The Labute approximate surface area is 165 Å². The number of amides is 2. The third-order valence-electron chi connectivity index (χ3n) is 3.77. The van der Waals surface area contributed by atoms with Crippen LogP contribution in [0.15, 0.2) is 65.6 Å². The van der Waals surface area contributed by atoms with E-state index in [0.717, 1.165) is 9.87 Å². The Balaban J connectivity index is 1.83. The highest BCUT2D eigenvalue weighted by Gasteiger charge is 2.17. The first kappa shape index (κ1) is 21.3. The van der Waals surface area contributed by atoms with Gasteiger partial charge in [-0.15, -0.1) is 0 Å². The van der Waals surface area contributed by atoms with Gasteiger partial charge in [0.1, 0.15) is 0 Å². The molecule has 8 heteroatoms. The monoisotopic (exact) mass is 401 g/mol. The van der Waals surface area contributed by atoms with Crippen molar-refractivity contribution >= 4 is 33.6 Å². The lowest BCUT2D eigenvalue weighted by Crippen LogP contribution is -2.26. The van der Waals surface area contributed by atoms with Crippen LogP contribution in [0, 0.1) is 0 Å². The molecule has 0 spiro atoms. The molecule has 0 atom stereocenters. The number of hydrogen-bond donors (Lipinski definition) is 2. The first-order valence-electron chi connectivity index (χ1n) is 8.62. The van der Waals surface area contributed by atoms with Crippen LogP contribution in [0.2, 0.25) is 0 Å². The summed E-state index contributed by atoms with van der Waals surface area (Å²) in [5.74, 6) is -0.623. The maximum atomic E-state index is 12.1. The van der Waals surface area contributed by atoms with Gasteiger partial charge in [0.2, 0.25) is 21.8 Å². The summed E-state index contributed by atoms with van der Waals surface area (Å²) >= 11 is 0. The zero-order valence-corrected chi connectivity index (χ0v) is 16.6. The smallest absolute Gasteiger partial charge is 0.244 e. The van der Waals surface area contributed by atoms with Gasteiger partial charge in [-0.05, 0) is 29.8 Å². The van der Waals surface area contributed by atoms with Gasteiger partial charge in [0.05, 0.1) is 4.90 Å². The number of benzene rings is 2. The lowest BCUT2D eigenvalue weighted by Gasteiger charge is -2.12. The molecule has 0 unspecified atom stereocenters. The molecular formula is C20H23N3O4S. The van der Waals surface area contributed by atoms with Crippen molar-refractivity contribution in [1.29, 1.82) is 0 Å². The number of rotatable bonds is 8. The standard InChI is InChI=1S/C20H23N3O4S/c1-23(2)28(26,27)18-10-6-9-17(15-18)22-20(25)13-14-21-19(24)12-11-16-7-4-3-5-8-16/h3-12,15H,13-14H2,1-2H3,(H,21,24)(H,22,25)/b12-11+.